The maximum absolute atomic E-state index is 11.0. The third-order valence-corrected chi connectivity index (χ3v) is 6.34. The maximum Gasteiger partial charge on any atom is 0.222 e. The van der Waals surface area contributed by atoms with Crippen molar-refractivity contribution in [1.29, 1.82) is 0 Å². The highest BCUT2D eigenvalue weighted by Crippen LogP contribution is 2.38. The van der Waals surface area contributed by atoms with Gasteiger partial charge < -0.3 is 39.7 Å². The lowest BCUT2D eigenvalue weighted by molar-refractivity contribution is -0.357. The SMILES string of the molecule is OCC1OC(O)(c2ccc(Cl)c(Cc3ccc(OCCOC4CC4)cc3)c2)C(O)C(O)C1O. The minimum absolute atomic E-state index is 0.148. The van der Waals surface area contributed by atoms with Gasteiger partial charge in [-0.3, -0.25) is 0 Å². The molecule has 2 aliphatic rings. The molecular formula is C24H29ClO8. The molecule has 1 aliphatic carbocycles. The summed E-state index contributed by atoms with van der Waals surface area (Å²) in [5, 5.41) is 51.4. The molecule has 0 aromatic heterocycles. The van der Waals surface area contributed by atoms with Crippen molar-refractivity contribution in [3.8, 4) is 5.75 Å². The summed E-state index contributed by atoms with van der Waals surface area (Å²) in [7, 11) is 0. The standard InChI is InChI=1S/C24H29ClO8/c25-19-8-3-16(24(30)23(29)22(28)21(27)20(13-26)33-24)12-15(19)11-14-1-4-17(5-2-14)31-9-10-32-18-6-7-18/h1-5,8,12,18,20-23,26-30H,6-7,9-11,13H2. The molecule has 0 radical (unpaired) electrons. The number of ether oxygens (including phenoxy) is 3. The first-order valence-electron chi connectivity index (χ1n) is 11.0. The molecule has 5 N–H and O–H groups in total. The van der Waals surface area contributed by atoms with E-state index in [0.717, 1.165) is 24.2 Å². The minimum atomic E-state index is -2.33. The molecule has 1 saturated heterocycles. The second-order valence-corrected chi connectivity index (χ2v) is 8.91. The van der Waals surface area contributed by atoms with Gasteiger partial charge in [0.15, 0.2) is 0 Å². The van der Waals surface area contributed by atoms with Gasteiger partial charge in [-0.05, 0) is 54.7 Å². The van der Waals surface area contributed by atoms with E-state index < -0.39 is 36.8 Å². The van der Waals surface area contributed by atoms with Gasteiger partial charge >= 0.3 is 0 Å². The molecule has 8 nitrogen and oxygen atoms in total. The molecule has 0 bridgehead atoms. The van der Waals surface area contributed by atoms with Crippen LogP contribution in [0.25, 0.3) is 0 Å². The van der Waals surface area contributed by atoms with E-state index >= 15 is 0 Å². The molecule has 0 amide bonds. The molecule has 9 heteroatoms. The van der Waals surface area contributed by atoms with E-state index in [1.165, 1.54) is 6.07 Å². The highest BCUT2D eigenvalue weighted by Gasteiger charge is 2.53. The molecule has 5 unspecified atom stereocenters. The van der Waals surface area contributed by atoms with Crippen LogP contribution in [-0.4, -0.2) is 75.9 Å². The summed E-state index contributed by atoms with van der Waals surface area (Å²) in [6.45, 7) is 0.406. The summed E-state index contributed by atoms with van der Waals surface area (Å²) in [4.78, 5) is 0. The summed E-state index contributed by atoms with van der Waals surface area (Å²) >= 11 is 6.37. The monoisotopic (exact) mass is 480 g/mol. The average Bonchev–Trinajstić information content (AvgIpc) is 3.65. The molecule has 1 aliphatic heterocycles. The van der Waals surface area contributed by atoms with Crippen LogP contribution in [0.4, 0.5) is 0 Å². The zero-order chi connectivity index (χ0) is 23.6. The van der Waals surface area contributed by atoms with E-state index in [1.54, 1.807) is 12.1 Å². The van der Waals surface area contributed by atoms with E-state index in [4.69, 9.17) is 25.8 Å². The number of aliphatic hydroxyl groups is 5. The average molecular weight is 481 g/mol. The largest absolute Gasteiger partial charge is 0.491 e. The van der Waals surface area contributed by atoms with Gasteiger partial charge in [-0.1, -0.05) is 29.8 Å². The summed E-state index contributed by atoms with van der Waals surface area (Å²) in [5.74, 6) is -1.60. The van der Waals surface area contributed by atoms with Gasteiger partial charge in [-0.25, -0.2) is 0 Å². The fourth-order valence-corrected chi connectivity index (χ4v) is 4.04. The lowest BCUT2D eigenvalue weighted by Gasteiger charge is -2.45. The van der Waals surface area contributed by atoms with Crippen LogP contribution in [0.1, 0.15) is 29.5 Å². The second-order valence-electron chi connectivity index (χ2n) is 8.51. The smallest absolute Gasteiger partial charge is 0.222 e. The Kier molecular flexibility index (Phi) is 7.57. The van der Waals surface area contributed by atoms with E-state index in [-0.39, 0.29) is 5.56 Å². The van der Waals surface area contributed by atoms with E-state index in [9.17, 15) is 25.5 Å². The lowest BCUT2D eigenvalue weighted by Crippen LogP contribution is -2.63. The summed E-state index contributed by atoms with van der Waals surface area (Å²) in [6, 6.07) is 12.1. The maximum atomic E-state index is 11.0. The molecular weight excluding hydrogens is 452 g/mol. The third kappa shape index (κ3) is 5.50. The van der Waals surface area contributed by atoms with Crippen molar-refractivity contribution in [2.75, 3.05) is 19.8 Å². The van der Waals surface area contributed by atoms with E-state index in [1.807, 2.05) is 24.3 Å². The van der Waals surface area contributed by atoms with Crippen LogP contribution in [0, 0.1) is 0 Å². The third-order valence-electron chi connectivity index (χ3n) is 5.97. The van der Waals surface area contributed by atoms with Crippen molar-refractivity contribution < 1.29 is 39.7 Å². The van der Waals surface area contributed by atoms with Crippen molar-refractivity contribution in [2.45, 2.75) is 55.6 Å². The van der Waals surface area contributed by atoms with Crippen LogP contribution in [-0.2, 0) is 21.7 Å². The van der Waals surface area contributed by atoms with Crippen molar-refractivity contribution in [1.82, 2.24) is 0 Å². The van der Waals surface area contributed by atoms with Crippen LogP contribution < -0.4 is 4.74 Å². The second kappa shape index (κ2) is 10.2. The summed E-state index contributed by atoms with van der Waals surface area (Å²) < 4.78 is 16.7. The quantitative estimate of drug-likeness (QED) is 0.338. The first-order chi connectivity index (χ1) is 15.8. The molecule has 4 rings (SSSR count). The van der Waals surface area contributed by atoms with E-state index in [0.29, 0.717) is 36.3 Å². The zero-order valence-corrected chi connectivity index (χ0v) is 18.8. The number of hydrogen-bond donors (Lipinski definition) is 5. The van der Waals surface area contributed by atoms with Crippen LogP contribution in [0.3, 0.4) is 0 Å². The van der Waals surface area contributed by atoms with Gasteiger partial charge in [0, 0.05) is 10.6 Å². The normalized spacial score (nSPS) is 29.8. The predicted octanol–water partition coefficient (Wildman–Crippen LogP) is 1.11. The Morgan fingerprint density at radius 3 is 2.39 bits per heavy atom. The number of hydrogen-bond acceptors (Lipinski definition) is 8. The Morgan fingerprint density at radius 2 is 1.73 bits per heavy atom. The molecule has 2 fully saturated rings. The number of benzene rings is 2. The van der Waals surface area contributed by atoms with Gasteiger partial charge in [-0.15, -0.1) is 0 Å². The van der Waals surface area contributed by atoms with Crippen LogP contribution in [0.2, 0.25) is 5.02 Å². The summed E-state index contributed by atoms with van der Waals surface area (Å²) in [5.41, 5.74) is 1.75. The highest BCUT2D eigenvalue weighted by molar-refractivity contribution is 6.31. The molecule has 1 saturated carbocycles. The first-order valence-corrected chi connectivity index (χ1v) is 11.4. The molecule has 2 aromatic carbocycles. The number of aliphatic hydroxyl groups excluding tert-OH is 4. The number of halogens is 1. The van der Waals surface area contributed by atoms with Crippen LogP contribution in [0.15, 0.2) is 42.5 Å². The van der Waals surface area contributed by atoms with Crippen molar-refractivity contribution in [2.24, 2.45) is 0 Å². The van der Waals surface area contributed by atoms with Gasteiger partial charge in [0.2, 0.25) is 5.79 Å². The molecule has 180 valence electrons. The molecule has 0 spiro atoms. The van der Waals surface area contributed by atoms with Gasteiger partial charge in [-0.2, -0.15) is 0 Å². The first kappa shape index (κ1) is 24.4. The molecule has 5 atom stereocenters. The molecule has 1 heterocycles. The topological polar surface area (TPSA) is 129 Å². The minimum Gasteiger partial charge on any atom is -0.491 e. The van der Waals surface area contributed by atoms with Gasteiger partial charge in [0.25, 0.3) is 0 Å². The fourth-order valence-electron chi connectivity index (χ4n) is 3.86. The van der Waals surface area contributed by atoms with Crippen molar-refractivity contribution in [3.63, 3.8) is 0 Å². The fraction of sp³-hybridized carbons (Fsp3) is 0.500. The Labute approximate surface area is 196 Å². The van der Waals surface area contributed by atoms with E-state index in [2.05, 4.69) is 0 Å². The lowest BCUT2D eigenvalue weighted by atomic mass is 9.87. The Morgan fingerprint density at radius 1 is 1.00 bits per heavy atom. The van der Waals surface area contributed by atoms with Crippen molar-refractivity contribution >= 4 is 11.6 Å². The molecule has 33 heavy (non-hydrogen) atoms. The van der Waals surface area contributed by atoms with Crippen LogP contribution in [0.5, 0.6) is 5.75 Å². The Bertz CT molecular complexity index is 933. The zero-order valence-electron chi connectivity index (χ0n) is 18.0. The Hall–Kier alpha value is -1.75. The number of rotatable bonds is 9. The van der Waals surface area contributed by atoms with Gasteiger partial charge in [0.1, 0.15) is 36.8 Å². The molecule has 2 aromatic rings. The van der Waals surface area contributed by atoms with Gasteiger partial charge in [0.05, 0.1) is 19.3 Å². The predicted molar refractivity (Wildman–Crippen MR) is 119 cm³/mol. The van der Waals surface area contributed by atoms with Crippen molar-refractivity contribution in [3.05, 3.63) is 64.2 Å². The Balaban J connectivity index is 1.45. The summed E-state index contributed by atoms with van der Waals surface area (Å²) in [6.07, 6.45) is -3.26. The van der Waals surface area contributed by atoms with Crippen LogP contribution >= 0.6 is 11.6 Å². The highest BCUT2D eigenvalue weighted by atomic mass is 35.5.